The third-order valence-electron chi connectivity index (χ3n) is 15.2. The Morgan fingerprint density at radius 2 is 0.916 bits per heavy atom. The highest BCUT2D eigenvalue weighted by molar-refractivity contribution is 9.08. The van der Waals surface area contributed by atoms with E-state index in [4.69, 9.17) is 38.4 Å². The van der Waals surface area contributed by atoms with Crippen LogP contribution in [0.2, 0.25) is 0 Å². The van der Waals surface area contributed by atoms with Crippen molar-refractivity contribution in [1.82, 2.24) is 29.1 Å². The minimum Gasteiger partial charge on any atom is -0.497 e. The Morgan fingerprint density at radius 3 is 1.40 bits per heavy atom. The van der Waals surface area contributed by atoms with E-state index < -0.39 is 0 Å². The number of imidazole rings is 3. The van der Waals surface area contributed by atoms with Gasteiger partial charge in [-0.1, -0.05) is 87.6 Å². The zero-order chi connectivity index (χ0) is 66.5. The molecule has 0 radical (unpaired) electrons. The van der Waals surface area contributed by atoms with Gasteiger partial charge in [-0.3, -0.25) is 14.4 Å². The number of carbonyl (C=O) groups excluding carboxylic acids is 3. The van der Waals surface area contributed by atoms with Crippen LogP contribution >= 0.6 is 102 Å². The lowest BCUT2D eigenvalue weighted by Crippen LogP contribution is -2.05. The molecule has 0 aliphatic carbocycles. The SMILES string of the molecule is Br.CCOC(=O)CCCSc1nc2cc(OC)ccc2n1Cc1csc2cccc(C)c12.CCOC(=O)CCCSc1nc2ccc(OC)cc2[nH]1.CCOC(=O)CCCSc1nc2ccc(OC)cc2n1Cc1csc2cccc(C)c12.Cc1cccc2scc(CBr)c12. The highest BCUT2D eigenvalue weighted by Gasteiger charge is 2.19. The van der Waals surface area contributed by atoms with Crippen LogP contribution in [0.5, 0.6) is 17.2 Å². The van der Waals surface area contributed by atoms with E-state index in [1.165, 1.54) is 63.6 Å². The summed E-state index contributed by atoms with van der Waals surface area (Å²) in [6, 6.07) is 37.1. The summed E-state index contributed by atoms with van der Waals surface area (Å²) in [6.07, 6.45) is 3.62. The third kappa shape index (κ3) is 19.8. The van der Waals surface area contributed by atoms with Crippen molar-refractivity contribution in [3.05, 3.63) is 159 Å². The summed E-state index contributed by atoms with van der Waals surface area (Å²) in [4.78, 5) is 52.0. The van der Waals surface area contributed by atoms with Gasteiger partial charge in [-0.2, -0.15) is 0 Å². The number of methoxy groups -OCH3 is 3. The van der Waals surface area contributed by atoms with Gasteiger partial charge in [-0.15, -0.1) is 51.0 Å². The van der Waals surface area contributed by atoms with Gasteiger partial charge in [-0.05, 0) is 170 Å². The summed E-state index contributed by atoms with van der Waals surface area (Å²) < 4.78 is 39.5. The number of aromatic nitrogens is 6. The Hall–Kier alpha value is -6.57. The Kier molecular flexibility index (Phi) is 29.1. The molecule has 0 bridgehead atoms. The molecule has 15 nitrogen and oxygen atoms in total. The van der Waals surface area contributed by atoms with Gasteiger partial charge in [0.05, 0.1) is 87.3 Å². The van der Waals surface area contributed by atoms with Crippen LogP contribution in [0.3, 0.4) is 0 Å². The fraction of sp³-hybridized carbons (Fsp3) is 0.333. The molecule has 0 spiro atoms. The molecule has 0 saturated carbocycles. The molecule has 6 aromatic heterocycles. The first-order chi connectivity index (χ1) is 45.8. The van der Waals surface area contributed by atoms with Crippen molar-refractivity contribution >= 4 is 183 Å². The number of benzene rings is 6. The number of nitrogens with zero attached hydrogens (tertiary/aromatic N) is 5. The fourth-order valence-corrected chi connectivity index (χ4v) is 17.1. The number of nitrogens with one attached hydrogen (secondary N) is 1. The van der Waals surface area contributed by atoms with Gasteiger partial charge in [-0.25, -0.2) is 15.0 Å². The highest BCUT2D eigenvalue weighted by Crippen LogP contribution is 2.37. The molecule has 1 N–H and O–H groups in total. The van der Waals surface area contributed by atoms with Gasteiger partial charge in [0.25, 0.3) is 0 Å². The maximum absolute atomic E-state index is 11.6. The van der Waals surface area contributed by atoms with Gasteiger partial charge in [0.15, 0.2) is 15.5 Å². The monoisotopic (exact) mass is 1520 g/mol. The molecule has 23 heteroatoms. The Morgan fingerprint density at radius 1 is 0.495 bits per heavy atom. The molecule has 0 unspecified atom stereocenters. The zero-order valence-corrected chi connectivity index (χ0v) is 63.1. The number of thiophene rings is 3. The standard InChI is InChI=1S/2C24H26N2O3S2.C14H18N2O3S.C10H9BrS.BrH/c1-4-29-22(27)9-6-12-30-24-25-19-13-18(28-3)10-11-20(19)26(24)14-17-15-31-21-8-5-7-16(2)23(17)21;1-4-29-22(27)9-6-12-30-24-25-19-11-10-18(28-3)13-20(19)26(24)14-17-15-31-21-8-5-7-16(2)23(17)21;1-3-19-13(17)5-4-8-20-14-15-11-7-6-10(18-2)9-12(11)16-14;1-7-3-2-4-9-10(7)8(5-11)6-12-9;/h2*5,7-8,10-11,13,15H,4,6,9,12,14H2,1-3H3;6-7,9H,3-5,8H2,1-2H3,(H,15,16);2-4,6H,5H2,1H3;1H. The molecule has 0 fully saturated rings. The van der Waals surface area contributed by atoms with Crippen molar-refractivity contribution in [1.29, 1.82) is 0 Å². The summed E-state index contributed by atoms with van der Waals surface area (Å²) in [5.41, 5.74) is 13.9. The van der Waals surface area contributed by atoms with E-state index in [-0.39, 0.29) is 34.9 Å². The van der Waals surface area contributed by atoms with Crippen LogP contribution in [-0.2, 0) is 47.0 Å². The maximum atomic E-state index is 11.6. The van der Waals surface area contributed by atoms with Gasteiger partial charge in [0, 0.05) is 84.9 Å². The normalized spacial score (nSPS) is 11.0. The molecular weight excluding hydrogens is 1450 g/mol. The fourth-order valence-electron chi connectivity index (χ4n) is 10.7. The van der Waals surface area contributed by atoms with Gasteiger partial charge in [0.2, 0.25) is 0 Å². The van der Waals surface area contributed by atoms with Crippen LogP contribution in [0.4, 0.5) is 0 Å². The summed E-state index contributed by atoms with van der Waals surface area (Å²) in [5.74, 6) is 4.46. The molecule has 0 saturated heterocycles. The lowest BCUT2D eigenvalue weighted by molar-refractivity contribution is -0.144. The van der Waals surface area contributed by atoms with Crippen molar-refractivity contribution in [2.45, 2.75) is 114 Å². The number of thioether (sulfide) groups is 3. The average Bonchev–Trinajstić information content (AvgIpc) is 1.65. The Labute approximate surface area is 598 Å². The number of aryl methyl sites for hydroxylation is 3. The van der Waals surface area contributed by atoms with Crippen molar-refractivity contribution in [3.63, 3.8) is 0 Å². The van der Waals surface area contributed by atoms with Gasteiger partial charge in [0.1, 0.15) is 17.2 Å². The van der Waals surface area contributed by atoms with Gasteiger partial charge < -0.3 is 42.5 Å². The molecule has 0 amide bonds. The van der Waals surface area contributed by atoms with Crippen LogP contribution in [0.15, 0.2) is 141 Å². The van der Waals surface area contributed by atoms with E-state index >= 15 is 0 Å². The number of aromatic amines is 1. The quantitative estimate of drug-likeness (QED) is 0.0178. The van der Waals surface area contributed by atoms with Crippen molar-refractivity contribution < 1.29 is 42.8 Å². The summed E-state index contributed by atoms with van der Waals surface area (Å²) in [5, 5.41) is 14.6. The van der Waals surface area contributed by atoms with Gasteiger partial charge >= 0.3 is 17.9 Å². The Bertz CT molecular complexity index is 4480. The van der Waals surface area contributed by atoms with E-state index in [2.05, 4.69) is 133 Å². The number of rotatable bonds is 26. The van der Waals surface area contributed by atoms with Crippen LogP contribution < -0.4 is 14.2 Å². The first-order valence-electron chi connectivity index (χ1n) is 31.2. The zero-order valence-electron chi connectivity index (χ0n) is 54.9. The van der Waals surface area contributed by atoms with E-state index in [1.54, 1.807) is 79.3 Å². The first-order valence-corrected chi connectivity index (χ1v) is 37.9. The van der Waals surface area contributed by atoms with E-state index in [0.717, 1.165) is 121 Å². The maximum Gasteiger partial charge on any atom is 0.305 e. The summed E-state index contributed by atoms with van der Waals surface area (Å²) in [7, 11) is 4.99. The van der Waals surface area contributed by atoms with Crippen LogP contribution in [-0.4, -0.2) is 105 Å². The van der Waals surface area contributed by atoms with Crippen LogP contribution in [0.25, 0.3) is 63.4 Å². The number of carbonyl (C=O) groups is 3. The smallest absolute Gasteiger partial charge is 0.305 e. The predicted octanol–water partition coefficient (Wildman–Crippen LogP) is 19.8. The van der Waals surface area contributed by atoms with Crippen LogP contribution in [0, 0.1) is 20.8 Å². The van der Waals surface area contributed by atoms with Crippen molar-refractivity contribution in [2.24, 2.45) is 0 Å². The number of esters is 3. The molecule has 0 aliphatic rings. The lowest BCUT2D eigenvalue weighted by Gasteiger charge is -2.10. The number of H-pyrrole nitrogens is 1. The minimum atomic E-state index is -0.137. The molecule has 95 heavy (non-hydrogen) atoms. The number of ether oxygens (including phenoxy) is 6. The number of hydrogen-bond acceptors (Lipinski definition) is 18. The summed E-state index contributed by atoms with van der Waals surface area (Å²) in [6.45, 7) is 14.8. The number of hydrogen-bond donors (Lipinski definition) is 1. The first kappa shape index (κ1) is 74.2. The molecule has 0 aliphatic heterocycles. The minimum absolute atomic E-state index is 0. The number of alkyl halides is 1. The van der Waals surface area contributed by atoms with E-state index in [9.17, 15) is 14.4 Å². The number of halogens is 2. The highest BCUT2D eigenvalue weighted by atomic mass is 79.9. The molecule has 0 atom stereocenters. The van der Waals surface area contributed by atoms with E-state index in [0.29, 0.717) is 39.1 Å². The second kappa shape index (κ2) is 37.2. The lowest BCUT2D eigenvalue weighted by atomic mass is 10.1. The largest absolute Gasteiger partial charge is 0.497 e. The second-order valence-corrected chi connectivity index (χ2v) is 28.1. The molecule has 502 valence electrons. The molecule has 12 aromatic rings. The number of fused-ring (bicyclic) bond motifs is 6. The van der Waals surface area contributed by atoms with E-state index in [1.807, 2.05) is 80.6 Å². The summed E-state index contributed by atoms with van der Waals surface area (Å²) >= 11 is 13.9. The molecule has 6 heterocycles. The van der Waals surface area contributed by atoms with Crippen molar-refractivity contribution in [3.8, 4) is 17.2 Å². The molecule has 12 rings (SSSR count). The third-order valence-corrected chi connectivity index (χ3v) is 21.8. The van der Waals surface area contributed by atoms with Crippen molar-refractivity contribution in [2.75, 3.05) is 58.4 Å². The molecular formula is C72H80Br2N6O9S6. The predicted molar refractivity (Wildman–Crippen MR) is 406 cm³/mol. The Balaban J connectivity index is 0.000000170. The second-order valence-electron chi connectivity index (χ2n) is 21.6. The van der Waals surface area contributed by atoms with Crippen LogP contribution in [0.1, 0.15) is 92.7 Å². The topological polar surface area (TPSA) is 171 Å². The average molecular weight is 1530 g/mol. The molecule has 6 aromatic carbocycles.